The molecule has 0 aliphatic rings. The van der Waals surface area contributed by atoms with Gasteiger partial charge in [0.2, 0.25) is 0 Å². The molecule has 0 radical (unpaired) electrons. The Balaban J connectivity index is 2.09. The van der Waals surface area contributed by atoms with Crippen LogP contribution in [0.3, 0.4) is 0 Å². The third kappa shape index (κ3) is 3.51. The van der Waals surface area contributed by atoms with Crippen LogP contribution in [0.5, 0.6) is 5.75 Å². The molecule has 2 aromatic rings. The van der Waals surface area contributed by atoms with Gasteiger partial charge in [-0.2, -0.15) is 0 Å². The summed E-state index contributed by atoms with van der Waals surface area (Å²) in [6.45, 7) is 4.77. The minimum Gasteiger partial charge on any atom is -0.489 e. The molecule has 100 valence electrons. The van der Waals surface area contributed by atoms with Crippen molar-refractivity contribution in [1.82, 2.24) is 0 Å². The molecule has 0 unspecified atom stereocenters. The SMILES string of the molecule is CNc1c(C)cc(OCc2ccc(Br)cc2)cc1C. The van der Waals surface area contributed by atoms with Crippen LogP contribution in [0.1, 0.15) is 16.7 Å². The predicted molar refractivity (Wildman–Crippen MR) is 83.9 cm³/mol. The fraction of sp³-hybridized carbons (Fsp3) is 0.250. The van der Waals surface area contributed by atoms with Crippen molar-refractivity contribution >= 4 is 21.6 Å². The molecule has 2 rings (SSSR count). The van der Waals surface area contributed by atoms with Crippen molar-refractivity contribution in [2.45, 2.75) is 20.5 Å². The Bertz CT molecular complexity index is 540. The largest absolute Gasteiger partial charge is 0.489 e. The molecule has 0 heterocycles. The Morgan fingerprint density at radius 3 is 2.16 bits per heavy atom. The van der Waals surface area contributed by atoms with Gasteiger partial charge in [0.25, 0.3) is 0 Å². The zero-order chi connectivity index (χ0) is 13.8. The minimum atomic E-state index is 0.588. The van der Waals surface area contributed by atoms with Gasteiger partial charge >= 0.3 is 0 Å². The lowest BCUT2D eigenvalue weighted by Crippen LogP contribution is -1.99. The first-order chi connectivity index (χ1) is 9.10. The highest BCUT2D eigenvalue weighted by atomic mass is 79.9. The Morgan fingerprint density at radius 1 is 1.05 bits per heavy atom. The van der Waals surface area contributed by atoms with E-state index < -0.39 is 0 Å². The average molecular weight is 320 g/mol. The van der Waals surface area contributed by atoms with Crippen LogP contribution in [0.25, 0.3) is 0 Å². The van der Waals surface area contributed by atoms with Crippen molar-refractivity contribution in [1.29, 1.82) is 0 Å². The number of hydrogen-bond donors (Lipinski definition) is 1. The molecule has 0 fully saturated rings. The molecule has 0 aromatic heterocycles. The molecule has 0 saturated carbocycles. The molecule has 3 heteroatoms. The molecule has 1 N–H and O–H groups in total. The van der Waals surface area contributed by atoms with Gasteiger partial charge in [0.1, 0.15) is 12.4 Å². The lowest BCUT2D eigenvalue weighted by atomic mass is 10.1. The summed E-state index contributed by atoms with van der Waals surface area (Å²) >= 11 is 3.43. The van der Waals surface area contributed by atoms with Crippen LogP contribution in [0, 0.1) is 13.8 Å². The summed E-state index contributed by atoms with van der Waals surface area (Å²) in [6, 6.07) is 12.3. The zero-order valence-corrected chi connectivity index (χ0v) is 13.0. The quantitative estimate of drug-likeness (QED) is 0.883. The monoisotopic (exact) mass is 319 g/mol. The van der Waals surface area contributed by atoms with E-state index in [2.05, 4.69) is 59.4 Å². The zero-order valence-electron chi connectivity index (χ0n) is 11.5. The highest BCUT2D eigenvalue weighted by molar-refractivity contribution is 9.10. The molecule has 0 aliphatic carbocycles. The van der Waals surface area contributed by atoms with Crippen molar-refractivity contribution < 1.29 is 4.74 Å². The van der Waals surface area contributed by atoms with E-state index in [9.17, 15) is 0 Å². The van der Waals surface area contributed by atoms with E-state index >= 15 is 0 Å². The molecule has 0 amide bonds. The van der Waals surface area contributed by atoms with Gasteiger partial charge in [0.05, 0.1) is 0 Å². The first-order valence-corrected chi connectivity index (χ1v) is 7.05. The first-order valence-electron chi connectivity index (χ1n) is 6.26. The highest BCUT2D eigenvalue weighted by Crippen LogP contribution is 2.26. The number of anilines is 1. The average Bonchev–Trinajstić information content (AvgIpc) is 2.38. The van der Waals surface area contributed by atoms with Crippen molar-refractivity contribution in [3.63, 3.8) is 0 Å². The maximum Gasteiger partial charge on any atom is 0.120 e. The number of aryl methyl sites for hydroxylation is 2. The van der Waals surface area contributed by atoms with E-state index in [0.717, 1.165) is 15.8 Å². The van der Waals surface area contributed by atoms with Crippen LogP contribution in [0.2, 0.25) is 0 Å². The summed E-state index contributed by atoms with van der Waals surface area (Å²) in [5.41, 5.74) is 4.74. The van der Waals surface area contributed by atoms with E-state index in [1.54, 1.807) is 0 Å². The van der Waals surface area contributed by atoms with Crippen LogP contribution in [0.15, 0.2) is 40.9 Å². The molecule has 0 spiro atoms. The third-order valence-electron chi connectivity index (χ3n) is 3.07. The Morgan fingerprint density at radius 2 is 1.63 bits per heavy atom. The number of halogens is 1. The van der Waals surface area contributed by atoms with Gasteiger partial charge in [0, 0.05) is 17.2 Å². The van der Waals surface area contributed by atoms with Gasteiger partial charge in [-0.1, -0.05) is 28.1 Å². The highest BCUT2D eigenvalue weighted by Gasteiger charge is 2.04. The van der Waals surface area contributed by atoms with Gasteiger partial charge in [-0.3, -0.25) is 0 Å². The smallest absolute Gasteiger partial charge is 0.120 e. The van der Waals surface area contributed by atoms with E-state index in [-0.39, 0.29) is 0 Å². The summed E-state index contributed by atoms with van der Waals surface area (Å²) in [5.74, 6) is 0.914. The molecule has 0 atom stereocenters. The van der Waals surface area contributed by atoms with Gasteiger partial charge < -0.3 is 10.1 Å². The van der Waals surface area contributed by atoms with E-state index in [0.29, 0.717) is 6.61 Å². The van der Waals surface area contributed by atoms with Crippen molar-refractivity contribution in [2.24, 2.45) is 0 Å². The van der Waals surface area contributed by atoms with Crippen LogP contribution in [-0.4, -0.2) is 7.05 Å². The summed E-state index contributed by atoms with van der Waals surface area (Å²) in [7, 11) is 1.94. The first kappa shape index (κ1) is 13.9. The summed E-state index contributed by atoms with van der Waals surface area (Å²) in [6.07, 6.45) is 0. The van der Waals surface area contributed by atoms with Gasteiger partial charge in [0.15, 0.2) is 0 Å². The molecule has 2 nitrogen and oxygen atoms in total. The number of benzene rings is 2. The number of nitrogens with one attached hydrogen (secondary N) is 1. The van der Waals surface area contributed by atoms with E-state index in [1.165, 1.54) is 16.8 Å². The maximum atomic E-state index is 5.85. The molecule has 0 aliphatic heterocycles. The van der Waals surface area contributed by atoms with E-state index in [1.807, 2.05) is 19.2 Å². The van der Waals surface area contributed by atoms with E-state index in [4.69, 9.17) is 4.74 Å². The minimum absolute atomic E-state index is 0.588. The lowest BCUT2D eigenvalue weighted by Gasteiger charge is -2.13. The summed E-state index contributed by atoms with van der Waals surface area (Å²) < 4.78 is 6.93. The molecule has 0 saturated heterocycles. The van der Waals surface area contributed by atoms with Crippen molar-refractivity contribution in [2.75, 3.05) is 12.4 Å². The van der Waals surface area contributed by atoms with Crippen LogP contribution in [-0.2, 0) is 6.61 Å². The molecule has 2 aromatic carbocycles. The van der Waals surface area contributed by atoms with Crippen molar-refractivity contribution in [3.8, 4) is 5.75 Å². The number of rotatable bonds is 4. The molecule has 19 heavy (non-hydrogen) atoms. The van der Waals surface area contributed by atoms with Crippen LogP contribution >= 0.6 is 15.9 Å². The molecule has 0 bridgehead atoms. The van der Waals surface area contributed by atoms with Crippen LogP contribution in [0.4, 0.5) is 5.69 Å². The van der Waals surface area contributed by atoms with Gasteiger partial charge in [-0.05, 0) is 54.8 Å². The van der Waals surface area contributed by atoms with Gasteiger partial charge in [-0.15, -0.1) is 0 Å². The standard InChI is InChI=1S/C16H18BrNO/c1-11-8-15(9-12(2)16(11)18-3)19-10-13-4-6-14(17)7-5-13/h4-9,18H,10H2,1-3H3. The fourth-order valence-electron chi connectivity index (χ4n) is 2.15. The van der Waals surface area contributed by atoms with Crippen molar-refractivity contribution in [3.05, 3.63) is 57.6 Å². The Hall–Kier alpha value is -1.48. The maximum absolute atomic E-state index is 5.85. The number of ether oxygens (including phenoxy) is 1. The van der Waals surface area contributed by atoms with Gasteiger partial charge in [-0.25, -0.2) is 0 Å². The topological polar surface area (TPSA) is 21.3 Å². The molecular weight excluding hydrogens is 302 g/mol. The predicted octanol–water partition coefficient (Wildman–Crippen LogP) is 4.69. The molecular formula is C16H18BrNO. The normalized spacial score (nSPS) is 10.3. The summed E-state index contributed by atoms with van der Waals surface area (Å²) in [5, 5.41) is 3.21. The van der Waals surface area contributed by atoms with Crippen LogP contribution < -0.4 is 10.1 Å². The second-order valence-electron chi connectivity index (χ2n) is 4.60. The second kappa shape index (κ2) is 6.11. The second-order valence-corrected chi connectivity index (χ2v) is 5.51. The lowest BCUT2D eigenvalue weighted by molar-refractivity contribution is 0.306. The summed E-state index contributed by atoms with van der Waals surface area (Å²) in [4.78, 5) is 0. The Kier molecular flexibility index (Phi) is 4.48. The fourth-order valence-corrected chi connectivity index (χ4v) is 2.41. The third-order valence-corrected chi connectivity index (χ3v) is 3.60. The number of hydrogen-bond acceptors (Lipinski definition) is 2. The Labute approximate surface area is 122 Å².